The highest BCUT2D eigenvalue weighted by Crippen LogP contribution is 2.29. The molecule has 0 amide bonds. The van der Waals surface area contributed by atoms with Gasteiger partial charge >= 0.3 is 0 Å². The van der Waals surface area contributed by atoms with Gasteiger partial charge in [-0.25, -0.2) is 15.0 Å². The SMILES string of the molecule is Cc1ccc(Nc2ncnc(Nc3cccnc3Cl)c2N)cc1. The Hall–Kier alpha value is -2.86. The summed E-state index contributed by atoms with van der Waals surface area (Å²) in [5, 5.41) is 6.59. The van der Waals surface area contributed by atoms with E-state index < -0.39 is 0 Å². The minimum atomic E-state index is 0.346. The third-order valence-electron chi connectivity index (χ3n) is 3.21. The highest BCUT2D eigenvalue weighted by molar-refractivity contribution is 6.32. The summed E-state index contributed by atoms with van der Waals surface area (Å²) in [6.07, 6.45) is 3.04. The first-order valence-corrected chi connectivity index (χ1v) is 7.33. The van der Waals surface area contributed by atoms with Crippen molar-refractivity contribution in [2.24, 2.45) is 0 Å². The molecule has 7 heteroatoms. The molecule has 0 bridgehead atoms. The van der Waals surface area contributed by atoms with Crippen molar-refractivity contribution in [3.05, 3.63) is 59.6 Å². The predicted octanol–water partition coefficient (Wildman–Crippen LogP) is 3.90. The maximum Gasteiger partial charge on any atom is 0.159 e. The van der Waals surface area contributed by atoms with E-state index in [1.54, 1.807) is 18.3 Å². The van der Waals surface area contributed by atoms with Crippen LogP contribution in [0.25, 0.3) is 0 Å². The van der Waals surface area contributed by atoms with Crippen LogP contribution in [-0.2, 0) is 0 Å². The van der Waals surface area contributed by atoms with Gasteiger partial charge in [0.15, 0.2) is 16.8 Å². The van der Waals surface area contributed by atoms with Gasteiger partial charge in [-0.2, -0.15) is 0 Å². The first kappa shape index (κ1) is 15.1. The molecule has 3 rings (SSSR count). The molecule has 4 N–H and O–H groups in total. The van der Waals surface area contributed by atoms with Crippen LogP contribution in [-0.4, -0.2) is 15.0 Å². The van der Waals surface area contributed by atoms with E-state index in [1.807, 2.05) is 31.2 Å². The highest BCUT2D eigenvalue weighted by Gasteiger charge is 2.10. The van der Waals surface area contributed by atoms with Crippen molar-refractivity contribution in [3.8, 4) is 0 Å². The number of halogens is 1. The summed E-state index contributed by atoms with van der Waals surface area (Å²) >= 11 is 6.04. The molecule has 0 fully saturated rings. The number of benzene rings is 1. The molecule has 0 saturated carbocycles. The van der Waals surface area contributed by atoms with Gasteiger partial charge in [-0.15, -0.1) is 0 Å². The number of nitrogens with zero attached hydrogens (tertiary/aromatic N) is 3. The van der Waals surface area contributed by atoms with E-state index in [1.165, 1.54) is 11.9 Å². The molecular formula is C16H15ClN6. The van der Waals surface area contributed by atoms with Crippen molar-refractivity contribution < 1.29 is 0 Å². The summed E-state index contributed by atoms with van der Waals surface area (Å²) in [5.74, 6) is 0.982. The number of nitrogens with two attached hydrogens (primary N) is 1. The topological polar surface area (TPSA) is 88.8 Å². The maximum atomic E-state index is 6.15. The van der Waals surface area contributed by atoms with Gasteiger partial charge in [-0.3, -0.25) is 0 Å². The second-order valence-corrected chi connectivity index (χ2v) is 5.30. The molecule has 2 aromatic heterocycles. The predicted molar refractivity (Wildman–Crippen MR) is 93.4 cm³/mol. The Kier molecular flexibility index (Phi) is 4.25. The van der Waals surface area contributed by atoms with Gasteiger partial charge in [0.05, 0.1) is 5.69 Å². The minimum absolute atomic E-state index is 0.346. The third kappa shape index (κ3) is 3.49. The number of hydrogen-bond acceptors (Lipinski definition) is 6. The molecule has 23 heavy (non-hydrogen) atoms. The van der Waals surface area contributed by atoms with Crippen LogP contribution in [0.5, 0.6) is 0 Å². The molecule has 0 spiro atoms. The van der Waals surface area contributed by atoms with Crippen molar-refractivity contribution in [2.75, 3.05) is 16.4 Å². The lowest BCUT2D eigenvalue weighted by atomic mass is 10.2. The number of aromatic nitrogens is 3. The summed E-state index contributed by atoms with van der Waals surface area (Å²) in [5.41, 5.74) is 9.24. The zero-order valence-electron chi connectivity index (χ0n) is 12.4. The van der Waals surface area contributed by atoms with E-state index in [9.17, 15) is 0 Å². The van der Waals surface area contributed by atoms with E-state index >= 15 is 0 Å². The molecular weight excluding hydrogens is 312 g/mol. The largest absolute Gasteiger partial charge is 0.393 e. The van der Waals surface area contributed by atoms with Crippen LogP contribution >= 0.6 is 11.6 Å². The molecule has 1 aromatic carbocycles. The van der Waals surface area contributed by atoms with Crippen molar-refractivity contribution in [2.45, 2.75) is 6.92 Å². The Balaban J connectivity index is 1.86. The molecule has 0 atom stereocenters. The van der Waals surface area contributed by atoms with Crippen LogP contribution in [0, 0.1) is 6.92 Å². The zero-order valence-corrected chi connectivity index (χ0v) is 13.2. The Bertz CT molecular complexity index is 819. The lowest BCUT2D eigenvalue weighted by molar-refractivity contribution is 1.17. The third-order valence-corrected chi connectivity index (χ3v) is 3.51. The van der Waals surface area contributed by atoms with Crippen LogP contribution in [0.4, 0.5) is 28.7 Å². The maximum absolute atomic E-state index is 6.15. The fraction of sp³-hybridized carbons (Fsp3) is 0.0625. The molecule has 116 valence electrons. The molecule has 6 nitrogen and oxygen atoms in total. The van der Waals surface area contributed by atoms with E-state index in [0.717, 1.165) is 5.69 Å². The van der Waals surface area contributed by atoms with Gasteiger partial charge in [0.1, 0.15) is 12.0 Å². The summed E-state index contributed by atoms with van der Waals surface area (Å²) in [6.45, 7) is 2.03. The number of rotatable bonds is 4. The van der Waals surface area contributed by atoms with Gasteiger partial charge < -0.3 is 16.4 Å². The van der Waals surface area contributed by atoms with Crippen LogP contribution in [0.1, 0.15) is 5.56 Å². The lowest BCUT2D eigenvalue weighted by Gasteiger charge is -2.13. The Morgan fingerprint density at radius 3 is 2.35 bits per heavy atom. The molecule has 3 aromatic rings. The summed E-state index contributed by atoms with van der Waals surface area (Å²) in [6, 6.07) is 11.5. The molecule has 0 radical (unpaired) electrons. The van der Waals surface area contributed by atoms with Crippen LogP contribution in [0.2, 0.25) is 5.15 Å². The Labute approximate surface area is 138 Å². The van der Waals surface area contributed by atoms with Crippen molar-refractivity contribution in [3.63, 3.8) is 0 Å². The van der Waals surface area contributed by atoms with Crippen molar-refractivity contribution in [1.82, 2.24) is 15.0 Å². The summed E-state index contributed by atoms with van der Waals surface area (Å²) in [4.78, 5) is 12.3. The van der Waals surface area contributed by atoms with Crippen LogP contribution < -0.4 is 16.4 Å². The van der Waals surface area contributed by atoms with E-state index in [-0.39, 0.29) is 0 Å². The second-order valence-electron chi connectivity index (χ2n) is 4.94. The zero-order chi connectivity index (χ0) is 16.2. The molecule has 0 saturated heterocycles. The van der Waals surface area contributed by atoms with Crippen molar-refractivity contribution >= 4 is 40.3 Å². The minimum Gasteiger partial charge on any atom is -0.393 e. The van der Waals surface area contributed by atoms with Crippen molar-refractivity contribution in [1.29, 1.82) is 0 Å². The number of nitrogens with one attached hydrogen (secondary N) is 2. The second kappa shape index (κ2) is 6.50. The quantitative estimate of drug-likeness (QED) is 0.630. The van der Waals surface area contributed by atoms with Gasteiger partial charge in [-0.1, -0.05) is 29.3 Å². The first-order valence-electron chi connectivity index (χ1n) is 6.95. The average molecular weight is 327 g/mol. The number of anilines is 5. The van der Waals surface area contributed by atoms with E-state index in [4.69, 9.17) is 17.3 Å². The van der Waals surface area contributed by atoms with Gasteiger partial charge in [0.2, 0.25) is 0 Å². The van der Waals surface area contributed by atoms with E-state index in [0.29, 0.717) is 28.2 Å². The summed E-state index contributed by atoms with van der Waals surface area (Å²) < 4.78 is 0. The highest BCUT2D eigenvalue weighted by atomic mass is 35.5. The Morgan fingerprint density at radius 1 is 0.957 bits per heavy atom. The van der Waals surface area contributed by atoms with Gasteiger partial charge in [0.25, 0.3) is 0 Å². The number of aryl methyl sites for hydroxylation is 1. The van der Waals surface area contributed by atoms with E-state index in [2.05, 4.69) is 25.6 Å². The normalized spacial score (nSPS) is 10.3. The van der Waals surface area contributed by atoms with Crippen LogP contribution in [0.3, 0.4) is 0 Å². The smallest absolute Gasteiger partial charge is 0.159 e. The Morgan fingerprint density at radius 2 is 1.65 bits per heavy atom. The fourth-order valence-corrected chi connectivity index (χ4v) is 2.14. The monoisotopic (exact) mass is 326 g/mol. The van der Waals surface area contributed by atoms with Gasteiger partial charge in [-0.05, 0) is 31.2 Å². The number of pyridine rings is 1. The fourth-order valence-electron chi connectivity index (χ4n) is 1.98. The number of nitrogen functional groups attached to an aromatic ring is 1. The summed E-state index contributed by atoms with van der Waals surface area (Å²) in [7, 11) is 0. The molecule has 0 aliphatic carbocycles. The van der Waals surface area contributed by atoms with Crippen LogP contribution in [0.15, 0.2) is 48.9 Å². The average Bonchev–Trinajstić information content (AvgIpc) is 2.55. The first-order chi connectivity index (χ1) is 11.1. The standard InChI is InChI=1S/C16H15ClN6/c1-10-4-6-11(7-5-10)22-15-13(18)16(21-9-20-15)23-12-3-2-8-19-14(12)17/h2-9H,18H2,1H3,(H2,20,21,22,23). The number of hydrogen-bond donors (Lipinski definition) is 3. The van der Waals surface area contributed by atoms with Gasteiger partial charge in [0, 0.05) is 11.9 Å². The molecule has 0 aliphatic heterocycles. The molecule has 0 unspecified atom stereocenters. The molecule has 2 heterocycles. The molecule has 0 aliphatic rings. The lowest BCUT2D eigenvalue weighted by Crippen LogP contribution is -2.05.